The van der Waals surface area contributed by atoms with E-state index in [9.17, 15) is 4.79 Å². The fraction of sp³-hybridized carbons (Fsp3) is 0.630. The summed E-state index contributed by atoms with van der Waals surface area (Å²) in [6.07, 6.45) is 3.92. The summed E-state index contributed by atoms with van der Waals surface area (Å²) in [6, 6.07) is 8.80. The van der Waals surface area contributed by atoms with Crippen LogP contribution in [-0.2, 0) is 4.79 Å². The second kappa shape index (κ2) is 11.7. The van der Waals surface area contributed by atoms with Crippen LogP contribution in [0, 0.1) is 5.92 Å². The number of piperidine rings is 1. The number of nitrogens with zero attached hydrogens (tertiary/aromatic N) is 5. The Labute approximate surface area is 215 Å². The molecule has 0 aromatic heterocycles. The van der Waals surface area contributed by atoms with Crippen molar-refractivity contribution < 1.29 is 4.79 Å². The number of fused-ring (bicyclic) bond motifs is 1. The van der Waals surface area contributed by atoms with E-state index in [0.717, 1.165) is 69.5 Å². The van der Waals surface area contributed by atoms with Gasteiger partial charge in [0, 0.05) is 38.6 Å². The van der Waals surface area contributed by atoms with Gasteiger partial charge in [-0.15, -0.1) is 5.10 Å². The van der Waals surface area contributed by atoms with Crippen LogP contribution < -0.4 is 5.32 Å². The van der Waals surface area contributed by atoms with Crippen LogP contribution in [0.15, 0.2) is 35.6 Å². The first-order chi connectivity index (χ1) is 16.9. The zero-order valence-corrected chi connectivity index (χ0v) is 22.9. The van der Waals surface area contributed by atoms with Gasteiger partial charge in [0.05, 0.1) is 11.9 Å². The average Bonchev–Trinajstić information content (AvgIpc) is 3.46. The maximum absolute atomic E-state index is 13.2. The molecule has 1 aromatic carbocycles. The summed E-state index contributed by atoms with van der Waals surface area (Å²) in [5.41, 5.74) is 3.78. The molecule has 3 aliphatic heterocycles. The number of hydrogen-bond acceptors (Lipinski definition) is 7. The highest BCUT2D eigenvalue weighted by Crippen LogP contribution is 2.35. The van der Waals surface area contributed by atoms with Crippen LogP contribution in [0.5, 0.6) is 0 Å². The first kappa shape index (κ1) is 25.9. The van der Waals surface area contributed by atoms with Crippen molar-refractivity contribution in [3.05, 3.63) is 41.6 Å². The number of rotatable bonds is 9. The summed E-state index contributed by atoms with van der Waals surface area (Å²) in [5, 5.41) is 11.6. The number of amides is 1. The lowest BCUT2D eigenvalue weighted by atomic mass is 9.95. The molecular formula is C27H42N6OS. The molecule has 0 saturated carbocycles. The maximum Gasteiger partial charge on any atom is 0.225 e. The molecule has 1 atom stereocenters. The van der Waals surface area contributed by atoms with Gasteiger partial charge in [-0.05, 0) is 61.7 Å². The molecule has 1 aromatic rings. The standard InChI is InChI=1S/C27H42N6OS/c1-6-30(7-2)17-18-31(8-3)25(34)23-13-15-32(16-14-23)27-29-33-19-24(28-26(33)35-27)22-11-9-21(10-12-22)20(4)5/h9-12,19-20,23,26,28H,6-8,13-18H2,1-5H3. The molecule has 4 rings (SSSR count). The first-order valence-corrected chi connectivity index (χ1v) is 14.2. The van der Waals surface area contributed by atoms with E-state index < -0.39 is 0 Å². The number of carbonyl (C=O) groups excluding carboxylic acids is 1. The molecule has 1 fully saturated rings. The Kier molecular flexibility index (Phi) is 8.65. The van der Waals surface area contributed by atoms with E-state index in [4.69, 9.17) is 5.10 Å². The maximum atomic E-state index is 13.2. The smallest absolute Gasteiger partial charge is 0.225 e. The van der Waals surface area contributed by atoms with Crippen LogP contribution in [0.3, 0.4) is 0 Å². The Morgan fingerprint density at radius 1 is 1.09 bits per heavy atom. The van der Waals surface area contributed by atoms with Gasteiger partial charge >= 0.3 is 0 Å². The molecule has 1 saturated heterocycles. The lowest BCUT2D eigenvalue weighted by Crippen LogP contribution is -2.45. The van der Waals surface area contributed by atoms with E-state index in [1.807, 2.05) is 5.01 Å². The molecule has 8 heteroatoms. The van der Waals surface area contributed by atoms with Crippen molar-refractivity contribution in [1.29, 1.82) is 0 Å². The number of carbonyl (C=O) groups is 1. The van der Waals surface area contributed by atoms with E-state index in [-0.39, 0.29) is 11.4 Å². The first-order valence-electron chi connectivity index (χ1n) is 13.3. The summed E-state index contributed by atoms with van der Waals surface area (Å²) >= 11 is 1.77. The fourth-order valence-corrected chi connectivity index (χ4v) is 6.04. The number of benzene rings is 1. The van der Waals surface area contributed by atoms with Gasteiger partial charge < -0.3 is 20.0 Å². The highest BCUT2D eigenvalue weighted by atomic mass is 32.2. The molecule has 0 radical (unpaired) electrons. The van der Waals surface area contributed by atoms with Gasteiger partial charge in [-0.3, -0.25) is 4.79 Å². The minimum Gasteiger partial charge on any atom is -0.353 e. The Hall–Kier alpha value is -2.19. The van der Waals surface area contributed by atoms with E-state index in [2.05, 4.69) is 85.1 Å². The topological polar surface area (TPSA) is 54.4 Å². The quantitative estimate of drug-likeness (QED) is 0.550. The molecule has 192 valence electrons. The van der Waals surface area contributed by atoms with E-state index in [0.29, 0.717) is 11.8 Å². The van der Waals surface area contributed by atoms with Gasteiger partial charge in [-0.25, -0.2) is 5.01 Å². The highest BCUT2D eigenvalue weighted by molar-refractivity contribution is 8.14. The number of likely N-dealkylation sites (N-methyl/N-ethyl adjacent to an activating group) is 2. The minimum atomic E-state index is 0.111. The van der Waals surface area contributed by atoms with Gasteiger partial charge in [0.15, 0.2) is 10.7 Å². The van der Waals surface area contributed by atoms with E-state index in [1.54, 1.807) is 11.8 Å². The zero-order chi connectivity index (χ0) is 24.9. The minimum absolute atomic E-state index is 0.111. The normalized spacial score (nSPS) is 20.3. The van der Waals surface area contributed by atoms with Gasteiger partial charge in [-0.2, -0.15) is 0 Å². The predicted octanol–water partition coefficient (Wildman–Crippen LogP) is 4.22. The fourth-order valence-electron chi connectivity index (χ4n) is 4.97. The van der Waals surface area contributed by atoms with Crippen molar-refractivity contribution >= 4 is 28.5 Å². The number of likely N-dealkylation sites (tertiary alicyclic amines) is 1. The van der Waals surface area contributed by atoms with Crippen LogP contribution in [0.25, 0.3) is 5.70 Å². The van der Waals surface area contributed by atoms with Crippen molar-refractivity contribution in [3.8, 4) is 0 Å². The van der Waals surface area contributed by atoms with Crippen LogP contribution in [0.2, 0.25) is 0 Å². The van der Waals surface area contributed by atoms with Crippen molar-refractivity contribution in [2.75, 3.05) is 45.8 Å². The molecule has 1 unspecified atom stereocenters. The van der Waals surface area contributed by atoms with Crippen molar-refractivity contribution in [2.24, 2.45) is 11.0 Å². The van der Waals surface area contributed by atoms with Crippen molar-refractivity contribution in [2.45, 2.75) is 58.9 Å². The summed E-state index contributed by atoms with van der Waals surface area (Å²) in [6.45, 7) is 17.3. The van der Waals surface area contributed by atoms with Crippen molar-refractivity contribution in [1.82, 2.24) is 25.0 Å². The van der Waals surface area contributed by atoms with Crippen LogP contribution >= 0.6 is 11.8 Å². The molecule has 0 bridgehead atoms. The molecule has 1 N–H and O–H groups in total. The van der Waals surface area contributed by atoms with Crippen LogP contribution in [-0.4, -0.2) is 82.1 Å². The molecule has 3 heterocycles. The average molecular weight is 499 g/mol. The van der Waals surface area contributed by atoms with Gasteiger partial charge in [0.1, 0.15) is 0 Å². The van der Waals surface area contributed by atoms with Crippen molar-refractivity contribution in [3.63, 3.8) is 0 Å². The second-order valence-electron chi connectivity index (χ2n) is 9.90. The molecule has 3 aliphatic rings. The molecule has 7 nitrogen and oxygen atoms in total. The molecular weight excluding hydrogens is 456 g/mol. The third-order valence-electron chi connectivity index (χ3n) is 7.48. The molecule has 35 heavy (non-hydrogen) atoms. The SMILES string of the molecule is CCN(CC)CCN(CC)C(=O)C1CCN(C2=NN3C=C(c4ccc(C(C)C)cc4)NC3S2)CC1. The zero-order valence-electron chi connectivity index (χ0n) is 22.0. The molecule has 0 aliphatic carbocycles. The monoisotopic (exact) mass is 498 g/mol. The summed E-state index contributed by atoms with van der Waals surface area (Å²) < 4.78 is 0. The highest BCUT2D eigenvalue weighted by Gasteiger charge is 2.36. The Balaban J connectivity index is 1.29. The third kappa shape index (κ3) is 5.97. The Bertz CT molecular complexity index is 918. The lowest BCUT2D eigenvalue weighted by Gasteiger charge is -2.35. The molecule has 0 spiro atoms. The van der Waals surface area contributed by atoms with Gasteiger partial charge in [0.25, 0.3) is 0 Å². The van der Waals surface area contributed by atoms with E-state index in [1.165, 1.54) is 11.1 Å². The second-order valence-corrected chi connectivity index (χ2v) is 11.0. The number of hydrogen-bond donors (Lipinski definition) is 1. The number of hydrazone groups is 1. The van der Waals surface area contributed by atoms with E-state index >= 15 is 0 Å². The van der Waals surface area contributed by atoms with Gasteiger partial charge in [0.2, 0.25) is 5.91 Å². The Morgan fingerprint density at radius 3 is 2.34 bits per heavy atom. The predicted molar refractivity (Wildman–Crippen MR) is 147 cm³/mol. The number of nitrogens with one attached hydrogen (secondary N) is 1. The number of amidine groups is 1. The third-order valence-corrected chi connectivity index (χ3v) is 8.58. The largest absolute Gasteiger partial charge is 0.353 e. The van der Waals surface area contributed by atoms with Crippen LogP contribution in [0.4, 0.5) is 0 Å². The lowest BCUT2D eigenvalue weighted by molar-refractivity contribution is -0.136. The summed E-state index contributed by atoms with van der Waals surface area (Å²) in [4.78, 5) is 20.0. The Morgan fingerprint density at radius 2 is 1.77 bits per heavy atom. The molecule has 1 amide bonds. The summed E-state index contributed by atoms with van der Waals surface area (Å²) in [5.74, 6) is 1.00. The van der Waals surface area contributed by atoms with Crippen LogP contribution in [0.1, 0.15) is 64.5 Å². The summed E-state index contributed by atoms with van der Waals surface area (Å²) in [7, 11) is 0. The van der Waals surface area contributed by atoms with Gasteiger partial charge in [-0.1, -0.05) is 52.0 Å². The number of thioether (sulfide) groups is 1.